The summed E-state index contributed by atoms with van der Waals surface area (Å²) in [6.45, 7) is 4.83. The van der Waals surface area contributed by atoms with Crippen LogP contribution in [0.15, 0.2) is 36.4 Å². The van der Waals surface area contributed by atoms with Gasteiger partial charge >= 0.3 is 0 Å². The molecule has 1 aliphatic rings. The van der Waals surface area contributed by atoms with Gasteiger partial charge in [-0.2, -0.15) is 0 Å². The lowest BCUT2D eigenvalue weighted by atomic mass is 9.95. The number of halogens is 2. The number of hydrogen-bond acceptors (Lipinski definition) is 4. The van der Waals surface area contributed by atoms with Gasteiger partial charge in [-0.15, -0.1) is 0 Å². The van der Waals surface area contributed by atoms with E-state index in [1.165, 1.54) is 12.1 Å². The van der Waals surface area contributed by atoms with E-state index in [-0.39, 0.29) is 35.2 Å². The number of amides is 1. The van der Waals surface area contributed by atoms with E-state index in [1.807, 2.05) is 32.0 Å². The summed E-state index contributed by atoms with van der Waals surface area (Å²) in [5.41, 5.74) is 0.919. The summed E-state index contributed by atoms with van der Waals surface area (Å²) < 4.78 is 29.6. The molecule has 1 heterocycles. The second-order valence-electron chi connectivity index (χ2n) is 6.56. The molecule has 0 bridgehead atoms. The number of carbonyl (C=O) groups is 1. The largest absolute Gasteiger partial charge is 0.486 e. The van der Waals surface area contributed by atoms with Crippen molar-refractivity contribution in [3.8, 4) is 17.2 Å². The van der Waals surface area contributed by atoms with Crippen molar-refractivity contribution >= 4 is 17.5 Å². The number of benzene rings is 2. The number of rotatable bonds is 6. The molecule has 0 saturated heterocycles. The Morgan fingerprint density at radius 3 is 2.63 bits per heavy atom. The van der Waals surface area contributed by atoms with E-state index >= 15 is 0 Å². The molecule has 2 aromatic rings. The molecule has 7 heteroatoms. The van der Waals surface area contributed by atoms with Crippen LogP contribution < -0.4 is 19.5 Å². The molecule has 1 atom stereocenters. The molecule has 0 aliphatic carbocycles. The van der Waals surface area contributed by atoms with Gasteiger partial charge in [-0.1, -0.05) is 31.5 Å². The van der Waals surface area contributed by atoms with Crippen LogP contribution >= 0.6 is 11.6 Å². The molecule has 1 amide bonds. The van der Waals surface area contributed by atoms with Crippen molar-refractivity contribution in [1.29, 1.82) is 0 Å². The van der Waals surface area contributed by atoms with E-state index in [4.69, 9.17) is 25.8 Å². The molecule has 27 heavy (non-hydrogen) atoms. The van der Waals surface area contributed by atoms with Crippen LogP contribution in [0, 0.1) is 11.7 Å². The zero-order valence-electron chi connectivity index (χ0n) is 15.1. The molecular weight excluding hydrogens is 373 g/mol. The highest BCUT2D eigenvalue weighted by Crippen LogP contribution is 2.34. The van der Waals surface area contributed by atoms with E-state index in [0.29, 0.717) is 24.7 Å². The quantitative estimate of drug-likeness (QED) is 0.801. The van der Waals surface area contributed by atoms with Crippen LogP contribution in [0.3, 0.4) is 0 Å². The molecule has 0 unspecified atom stereocenters. The first-order chi connectivity index (χ1) is 12.9. The molecule has 0 aromatic heterocycles. The molecule has 0 fully saturated rings. The Bertz CT molecular complexity index is 828. The highest BCUT2D eigenvalue weighted by Gasteiger charge is 2.21. The van der Waals surface area contributed by atoms with Gasteiger partial charge in [0, 0.05) is 0 Å². The highest BCUT2D eigenvalue weighted by atomic mass is 35.5. The topological polar surface area (TPSA) is 56.8 Å². The average molecular weight is 394 g/mol. The van der Waals surface area contributed by atoms with Crippen molar-refractivity contribution in [1.82, 2.24) is 5.32 Å². The zero-order valence-corrected chi connectivity index (χ0v) is 15.9. The van der Waals surface area contributed by atoms with Crippen molar-refractivity contribution in [2.45, 2.75) is 19.9 Å². The predicted molar refractivity (Wildman–Crippen MR) is 100 cm³/mol. The number of fused-ring (bicyclic) bond motifs is 1. The van der Waals surface area contributed by atoms with E-state index in [2.05, 4.69) is 5.32 Å². The van der Waals surface area contributed by atoms with E-state index < -0.39 is 5.82 Å². The normalized spacial score (nSPS) is 14.0. The number of carbonyl (C=O) groups excluding carboxylic acids is 1. The second kappa shape index (κ2) is 8.48. The zero-order chi connectivity index (χ0) is 19.4. The van der Waals surface area contributed by atoms with Crippen LogP contribution in [-0.2, 0) is 4.79 Å². The monoisotopic (exact) mass is 393 g/mol. The Hall–Kier alpha value is -2.47. The molecule has 2 aromatic carbocycles. The summed E-state index contributed by atoms with van der Waals surface area (Å²) in [5, 5.41) is 3.08. The van der Waals surface area contributed by atoms with Crippen LogP contribution in [0.1, 0.15) is 25.5 Å². The van der Waals surface area contributed by atoms with E-state index in [0.717, 1.165) is 11.6 Å². The molecular formula is C20H21ClFNO4. The minimum absolute atomic E-state index is 0.120. The Kier molecular flexibility index (Phi) is 6.06. The fraction of sp³-hybridized carbons (Fsp3) is 0.350. The Morgan fingerprint density at radius 1 is 1.19 bits per heavy atom. The predicted octanol–water partition coefficient (Wildman–Crippen LogP) is 4.14. The highest BCUT2D eigenvalue weighted by molar-refractivity contribution is 6.32. The fourth-order valence-corrected chi connectivity index (χ4v) is 3.06. The lowest BCUT2D eigenvalue weighted by Crippen LogP contribution is -2.35. The molecule has 0 spiro atoms. The maximum absolute atomic E-state index is 13.1. The minimum Gasteiger partial charge on any atom is -0.486 e. The first kappa shape index (κ1) is 19.3. The summed E-state index contributed by atoms with van der Waals surface area (Å²) >= 11 is 5.91. The summed E-state index contributed by atoms with van der Waals surface area (Å²) in [7, 11) is 0. The summed E-state index contributed by atoms with van der Waals surface area (Å²) in [6.07, 6.45) is 0. The minimum atomic E-state index is -0.463. The summed E-state index contributed by atoms with van der Waals surface area (Å²) in [4.78, 5) is 12.4. The van der Waals surface area contributed by atoms with Crippen molar-refractivity contribution in [2.75, 3.05) is 19.8 Å². The lowest BCUT2D eigenvalue weighted by molar-refractivity contribution is -0.124. The van der Waals surface area contributed by atoms with Gasteiger partial charge in [-0.3, -0.25) is 4.79 Å². The van der Waals surface area contributed by atoms with Crippen LogP contribution in [0.4, 0.5) is 4.39 Å². The van der Waals surface area contributed by atoms with Gasteiger partial charge in [0.1, 0.15) is 24.8 Å². The molecule has 1 N–H and O–H groups in total. The molecule has 0 radical (unpaired) electrons. The number of ether oxygens (including phenoxy) is 3. The number of nitrogens with one attached hydrogen (secondary N) is 1. The SMILES string of the molecule is CC(C)[C@@H](NC(=O)COc1ccc(F)cc1Cl)c1ccc2c(c1)OCCO2. The summed E-state index contributed by atoms with van der Waals surface area (Å²) in [5.74, 6) is 1.01. The van der Waals surface area contributed by atoms with Crippen LogP contribution in [0.5, 0.6) is 17.2 Å². The van der Waals surface area contributed by atoms with Crippen molar-refractivity contribution in [3.05, 3.63) is 52.8 Å². The van der Waals surface area contributed by atoms with Gasteiger partial charge in [0.15, 0.2) is 18.1 Å². The Balaban J connectivity index is 1.66. The third kappa shape index (κ3) is 4.83. The van der Waals surface area contributed by atoms with Crippen LogP contribution in [0.2, 0.25) is 5.02 Å². The van der Waals surface area contributed by atoms with Gasteiger partial charge in [0.25, 0.3) is 5.91 Å². The molecule has 3 rings (SSSR count). The van der Waals surface area contributed by atoms with E-state index in [9.17, 15) is 9.18 Å². The third-order valence-corrected chi connectivity index (χ3v) is 4.46. The first-order valence-electron chi connectivity index (χ1n) is 8.71. The standard InChI is InChI=1S/C20H21ClFNO4/c1-12(2)20(13-3-5-17-18(9-13)26-8-7-25-17)23-19(24)11-27-16-6-4-14(22)10-15(16)21/h3-6,9-10,12,20H,7-8,11H2,1-2H3,(H,23,24)/t20-/m1/s1. The van der Waals surface area contributed by atoms with Crippen LogP contribution in [-0.4, -0.2) is 25.7 Å². The van der Waals surface area contributed by atoms with Gasteiger partial charge in [-0.05, 0) is 41.8 Å². The Labute approximate surface area is 162 Å². The van der Waals surface area contributed by atoms with Crippen molar-refractivity contribution in [2.24, 2.45) is 5.92 Å². The smallest absolute Gasteiger partial charge is 0.258 e. The Morgan fingerprint density at radius 2 is 1.93 bits per heavy atom. The van der Waals surface area contributed by atoms with Crippen molar-refractivity contribution in [3.63, 3.8) is 0 Å². The maximum atomic E-state index is 13.1. The average Bonchev–Trinajstić information content (AvgIpc) is 2.65. The van der Waals surface area contributed by atoms with E-state index in [1.54, 1.807) is 0 Å². The first-order valence-corrected chi connectivity index (χ1v) is 9.08. The van der Waals surface area contributed by atoms with Gasteiger partial charge in [0.05, 0.1) is 11.1 Å². The van der Waals surface area contributed by atoms with Gasteiger partial charge in [0.2, 0.25) is 0 Å². The lowest BCUT2D eigenvalue weighted by Gasteiger charge is -2.25. The van der Waals surface area contributed by atoms with Gasteiger partial charge in [-0.25, -0.2) is 4.39 Å². The van der Waals surface area contributed by atoms with Crippen LogP contribution in [0.25, 0.3) is 0 Å². The molecule has 144 valence electrons. The molecule has 0 saturated carbocycles. The second-order valence-corrected chi connectivity index (χ2v) is 6.96. The maximum Gasteiger partial charge on any atom is 0.258 e. The molecule has 5 nitrogen and oxygen atoms in total. The van der Waals surface area contributed by atoms with Crippen molar-refractivity contribution < 1.29 is 23.4 Å². The van der Waals surface area contributed by atoms with Gasteiger partial charge < -0.3 is 19.5 Å². The molecule has 1 aliphatic heterocycles. The number of hydrogen-bond donors (Lipinski definition) is 1. The fourth-order valence-electron chi connectivity index (χ4n) is 2.84. The third-order valence-electron chi connectivity index (χ3n) is 4.16. The summed E-state index contributed by atoms with van der Waals surface area (Å²) in [6, 6.07) is 9.19.